The van der Waals surface area contributed by atoms with E-state index in [1.54, 1.807) is 7.05 Å². The minimum Gasteiger partial charge on any atom is -0.355 e. The third-order valence-electron chi connectivity index (χ3n) is 4.57. The van der Waals surface area contributed by atoms with Crippen LogP contribution in [0.15, 0.2) is 59.6 Å². The second-order valence-electron chi connectivity index (χ2n) is 6.49. The lowest BCUT2D eigenvalue weighted by atomic mass is 10.0. The third kappa shape index (κ3) is 6.21. The van der Waals surface area contributed by atoms with Crippen LogP contribution in [0.3, 0.4) is 0 Å². The van der Waals surface area contributed by atoms with Crippen molar-refractivity contribution in [3.63, 3.8) is 0 Å². The number of nitrogens with one attached hydrogen (secondary N) is 1. The fraction of sp³-hybridized carbons (Fsp3) is 0.350. The molecule has 0 spiro atoms. The summed E-state index contributed by atoms with van der Waals surface area (Å²) in [6, 6.07) is 17.7. The lowest BCUT2D eigenvalue weighted by Crippen LogP contribution is -2.45. The lowest BCUT2D eigenvalue weighted by molar-refractivity contribution is 0.380. The summed E-state index contributed by atoms with van der Waals surface area (Å²) in [5, 5.41) is 3.21. The van der Waals surface area contributed by atoms with Gasteiger partial charge in [0.1, 0.15) is 0 Å². The molecule has 0 fully saturated rings. The molecule has 5 nitrogen and oxygen atoms in total. The van der Waals surface area contributed by atoms with Crippen molar-refractivity contribution < 1.29 is 8.42 Å². The SMILES string of the molecule is CN=C(NCCS(=O)(=O)Cc1ccccc1)N1CCc2ccccc2C1.I. The van der Waals surface area contributed by atoms with E-state index in [-0.39, 0.29) is 35.5 Å². The molecule has 0 radical (unpaired) electrons. The summed E-state index contributed by atoms with van der Waals surface area (Å²) in [6.45, 7) is 2.04. The van der Waals surface area contributed by atoms with Gasteiger partial charge in [-0.15, -0.1) is 24.0 Å². The summed E-state index contributed by atoms with van der Waals surface area (Å²) >= 11 is 0. The van der Waals surface area contributed by atoms with Crippen LogP contribution in [0.25, 0.3) is 0 Å². The number of guanidine groups is 1. The number of sulfone groups is 1. The monoisotopic (exact) mass is 499 g/mol. The Kier molecular flexibility index (Phi) is 8.09. The normalized spacial score (nSPS) is 14.3. The Morgan fingerprint density at radius 1 is 1.07 bits per heavy atom. The first kappa shape index (κ1) is 21.7. The second-order valence-corrected chi connectivity index (χ2v) is 8.68. The highest BCUT2D eigenvalue weighted by Gasteiger charge is 2.19. The van der Waals surface area contributed by atoms with Gasteiger partial charge in [-0.1, -0.05) is 54.6 Å². The van der Waals surface area contributed by atoms with Crippen molar-refractivity contribution in [1.29, 1.82) is 0 Å². The first-order valence-corrected chi connectivity index (χ1v) is 10.7. The van der Waals surface area contributed by atoms with Crippen LogP contribution in [0.5, 0.6) is 0 Å². The van der Waals surface area contributed by atoms with Crippen molar-refractivity contribution in [1.82, 2.24) is 10.2 Å². The molecule has 0 amide bonds. The molecule has 1 aliphatic rings. The summed E-state index contributed by atoms with van der Waals surface area (Å²) in [7, 11) is -1.42. The van der Waals surface area contributed by atoms with Crippen LogP contribution in [0.2, 0.25) is 0 Å². The fourth-order valence-electron chi connectivity index (χ4n) is 3.23. The van der Waals surface area contributed by atoms with Crippen molar-refractivity contribution in [2.75, 3.05) is 25.9 Å². The van der Waals surface area contributed by atoms with Crippen molar-refractivity contribution in [2.45, 2.75) is 18.7 Å². The van der Waals surface area contributed by atoms with Crippen LogP contribution in [0.4, 0.5) is 0 Å². The van der Waals surface area contributed by atoms with Gasteiger partial charge in [-0.05, 0) is 23.1 Å². The molecule has 2 aromatic carbocycles. The first-order chi connectivity index (χ1) is 12.6. The van der Waals surface area contributed by atoms with Crippen molar-refractivity contribution in [3.8, 4) is 0 Å². The van der Waals surface area contributed by atoms with E-state index in [2.05, 4.69) is 39.5 Å². The maximum absolute atomic E-state index is 12.3. The van der Waals surface area contributed by atoms with E-state index in [4.69, 9.17) is 0 Å². The predicted molar refractivity (Wildman–Crippen MR) is 121 cm³/mol. The number of halogens is 1. The molecule has 0 saturated carbocycles. The van der Waals surface area contributed by atoms with Gasteiger partial charge in [0.25, 0.3) is 0 Å². The highest BCUT2D eigenvalue weighted by molar-refractivity contribution is 14.0. The summed E-state index contributed by atoms with van der Waals surface area (Å²) in [6.07, 6.45) is 0.975. The molecule has 146 valence electrons. The van der Waals surface area contributed by atoms with Crippen LogP contribution < -0.4 is 5.32 Å². The van der Waals surface area contributed by atoms with E-state index in [1.165, 1.54) is 11.1 Å². The molecule has 0 aliphatic carbocycles. The van der Waals surface area contributed by atoms with Gasteiger partial charge < -0.3 is 10.2 Å². The molecule has 0 unspecified atom stereocenters. The Morgan fingerprint density at radius 2 is 1.74 bits per heavy atom. The topological polar surface area (TPSA) is 61.8 Å². The van der Waals surface area contributed by atoms with E-state index in [1.807, 2.05) is 30.3 Å². The zero-order valence-corrected chi connectivity index (χ0v) is 18.6. The van der Waals surface area contributed by atoms with Gasteiger partial charge in [-0.25, -0.2) is 8.42 Å². The molecule has 0 saturated heterocycles. The third-order valence-corrected chi connectivity index (χ3v) is 6.17. The lowest BCUT2D eigenvalue weighted by Gasteiger charge is -2.31. The maximum Gasteiger partial charge on any atom is 0.193 e. The van der Waals surface area contributed by atoms with E-state index in [9.17, 15) is 8.42 Å². The molecule has 1 aliphatic heterocycles. The maximum atomic E-state index is 12.3. The Balaban J connectivity index is 0.00000261. The molecule has 0 bridgehead atoms. The summed E-state index contributed by atoms with van der Waals surface area (Å²) < 4.78 is 24.6. The smallest absolute Gasteiger partial charge is 0.193 e. The summed E-state index contributed by atoms with van der Waals surface area (Å²) in [5.74, 6) is 0.922. The fourth-order valence-corrected chi connectivity index (χ4v) is 4.49. The number of aliphatic imine (C=N–C) groups is 1. The van der Waals surface area contributed by atoms with Gasteiger partial charge in [-0.2, -0.15) is 0 Å². The quantitative estimate of drug-likeness (QED) is 0.391. The molecule has 0 atom stereocenters. The first-order valence-electron chi connectivity index (χ1n) is 8.84. The van der Waals surface area contributed by atoms with Crippen molar-refractivity contribution >= 4 is 39.8 Å². The average molecular weight is 499 g/mol. The highest BCUT2D eigenvalue weighted by Crippen LogP contribution is 2.18. The minimum absolute atomic E-state index is 0. The molecule has 3 rings (SSSR count). The number of fused-ring (bicyclic) bond motifs is 1. The second kappa shape index (κ2) is 10.1. The summed E-state index contributed by atoms with van der Waals surface area (Å²) in [4.78, 5) is 6.50. The Morgan fingerprint density at radius 3 is 2.44 bits per heavy atom. The van der Waals surface area contributed by atoms with Gasteiger partial charge in [-0.3, -0.25) is 4.99 Å². The Bertz CT molecular complexity index is 870. The van der Waals surface area contributed by atoms with E-state index >= 15 is 0 Å². The molecule has 27 heavy (non-hydrogen) atoms. The summed E-state index contributed by atoms with van der Waals surface area (Å²) in [5.41, 5.74) is 3.51. The largest absolute Gasteiger partial charge is 0.355 e. The van der Waals surface area contributed by atoms with Crippen LogP contribution in [-0.4, -0.2) is 45.2 Å². The van der Waals surface area contributed by atoms with Crippen LogP contribution in [-0.2, 0) is 28.6 Å². The van der Waals surface area contributed by atoms with E-state index in [0.29, 0.717) is 6.54 Å². The number of rotatable bonds is 5. The average Bonchev–Trinajstić information content (AvgIpc) is 2.65. The van der Waals surface area contributed by atoms with Gasteiger partial charge in [0, 0.05) is 26.7 Å². The number of hydrogen-bond acceptors (Lipinski definition) is 3. The molecule has 2 aromatic rings. The standard InChI is InChI=1S/C20H25N3O2S.HI/c1-21-20(23-13-11-18-9-5-6-10-19(18)15-23)22-12-14-26(24,25)16-17-7-3-2-4-8-17;/h2-10H,11-16H2,1H3,(H,21,22);1H. The highest BCUT2D eigenvalue weighted by atomic mass is 127. The molecular weight excluding hydrogens is 473 g/mol. The van der Waals surface area contributed by atoms with Gasteiger partial charge in [0.05, 0.1) is 11.5 Å². The number of nitrogens with zero attached hydrogens (tertiary/aromatic N) is 2. The van der Waals surface area contributed by atoms with Crippen molar-refractivity contribution in [2.24, 2.45) is 4.99 Å². The molecule has 1 N–H and O–H groups in total. The predicted octanol–water partition coefficient (Wildman–Crippen LogP) is 2.85. The van der Waals surface area contributed by atoms with E-state index in [0.717, 1.165) is 31.0 Å². The van der Waals surface area contributed by atoms with Gasteiger partial charge in [0.15, 0.2) is 15.8 Å². The van der Waals surface area contributed by atoms with Crippen molar-refractivity contribution in [3.05, 3.63) is 71.3 Å². The molecule has 0 aromatic heterocycles. The van der Waals surface area contributed by atoms with Crippen LogP contribution >= 0.6 is 24.0 Å². The van der Waals surface area contributed by atoms with Gasteiger partial charge >= 0.3 is 0 Å². The zero-order valence-electron chi connectivity index (χ0n) is 15.5. The molecular formula is C20H26IN3O2S. The molecule has 7 heteroatoms. The zero-order chi connectivity index (χ0) is 18.4. The number of benzene rings is 2. The van der Waals surface area contributed by atoms with Gasteiger partial charge in [0.2, 0.25) is 0 Å². The van der Waals surface area contributed by atoms with Crippen LogP contribution in [0, 0.1) is 0 Å². The van der Waals surface area contributed by atoms with E-state index < -0.39 is 9.84 Å². The number of hydrogen-bond donors (Lipinski definition) is 1. The van der Waals surface area contributed by atoms with Crippen LogP contribution in [0.1, 0.15) is 16.7 Å². The Labute approximate surface area is 178 Å². The Hall–Kier alpha value is -1.61. The molecule has 1 heterocycles. The minimum atomic E-state index is -3.15.